The van der Waals surface area contributed by atoms with Gasteiger partial charge in [-0.2, -0.15) is 4.98 Å². The molecule has 1 aliphatic rings. The molecule has 0 bridgehead atoms. The first-order valence-electron chi connectivity index (χ1n) is 11.8. The number of hydrogen-bond acceptors (Lipinski definition) is 7. The normalized spacial score (nSPS) is 14.9. The van der Waals surface area contributed by atoms with Crippen molar-refractivity contribution >= 4 is 51.2 Å². The smallest absolute Gasteiger partial charge is 0.338 e. The number of thioether (sulfide) groups is 1. The van der Waals surface area contributed by atoms with Gasteiger partial charge in [0, 0.05) is 26.5 Å². The molecule has 0 spiro atoms. The second-order valence-corrected chi connectivity index (χ2v) is 10.5. The van der Waals surface area contributed by atoms with E-state index in [1.807, 2.05) is 56.3 Å². The molecule has 0 fully saturated rings. The van der Waals surface area contributed by atoms with Gasteiger partial charge in [-0.25, -0.2) is 9.48 Å². The summed E-state index contributed by atoms with van der Waals surface area (Å²) in [6, 6.07) is 12.9. The second-order valence-electron chi connectivity index (χ2n) is 8.28. The molecule has 1 atom stereocenters. The number of ether oxygens (including phenoxy) is 2. The third-order valence-corrected chi connectivity index (χ3v) is 7.28. The number of carbonyl (C=O) groups is 1. The molecule has 2 heterocycles. The number of nitrogens with one attached hydrogen (secondary N) is 1. The monoisotopic (exact) mass is 590 g/mol. The minimum Gasteiger partial charge on any atom is -0.493 e. The van der Waals surface area contributed by atoms with Crippen LogP contribution in [0, 0.1) is 0 Å². The summed E-state index contributed by atoms with van der Waals surface area (Å²) in [6.45, 7) is 6.77. The number of allylic oxidation sites excluding steroid dienone is 1. The standard InChI is InChI=1S/C26H28BrClN4O3S/c1-4-12-34-21-11-10-18(27)14-19(21)23-22(24(33)35-13-5-2)16(3)29-25-30-26(31-32(23)25)36-15-17-8-6-7-9-20(17)28/h6-11,14,23H,4-5,12-13,15H2,1-3H3,(H,29,30,31). The first-order chi connectivity index (χ1) is 17.4. The second kappa shape index (κ2) is 12.2. The van der Waals surface area contributed by atoms with Crippen molar-refractivity contribution < 1.29 is 14.3 Å². The number of esters is 1. The Morgan fingerprint density at radius 2 is 1.97 bits per heavy atom. The predicted octanol–water partition coefficient (Wildman–Crippen LogP) is 7.02. The maximum atomic E-state index is 13.3. The first-order valence-corrected chi connectivity index (χ1v) is 14.0. The van der Waals surface area contributed by atoms with Gasteiger partial charge in [0.05, 0.1) is 18.8 Å². The van der Waals surface area contributed by atoms with Gasteiger partial charge in [0.25, 0.3) is 0 Å². The highest BCUT2D eigenvalue weighted by atomic mass is 79.9. The van der Waals surface area contributed by atoms with Gasteiger partial charge in [-0.3, -0.25) is 0 Å². The van der Waals surface area contributed by atoms with Gasteiger partial charge in [-0.15, -0.1) is 5.10 Å². The molecule has 3 aromatic rings. The van der Waals surface area contributed by atoms with Gasteiger partial charge in [0.1, 0.15) is 11.8 Å². The largest absolute Gasteiger partial charge is 0.493 e. The highest BCUT2D eigenvalue weighted by molar-refractivity contribution is 9.10. The van der Waals surface area contributed by atoms with E-state index in [9.17, 15) is 4.79 Å². The van der Waals surface area contributed by atoms with Crippen molar-refractivity contribution in [2.24, 2.45) is 0 Å². The number of benzene rings is 2. The maximum absolute atomic E-state index is 13.3. The predicted molar refractivity (Wildman–Crippen MR) is 147 cm³/mol. The lowest BCUT2D eigenvalue weighted by molar-refractivity contribution is -0.139. The summed E-state index contributed by atoms with van der Waals surface area (Å²) in [5, 5.41) is 9.33. The fourth-order valence-corrected chi connectivity index (χ4v) is 5.34. The fraction of sp³-hybridized carbons (Fsp3) is 0.346. The van der Waals surface area contributed by atoms with Crippen LogP contribution in [-0.2, 0) is 15.3 Å². The summed E-state index contributed by atoms with van der Waals surface area (Å²) in [5.74, 6) is 1.47. The van der Waals surface area contributed by atoms with Gasteiger partial charge >= 0.3 is 5.97 Å². The molecule has 1 N–H and O–H groups in total. The summed E-state index contributed by atoms with van der Waals surface area (Å²) in [6.07, 6.45) is 1.59. The molecule has 36 heavy (non-hydrogen) atoms. The van der Waals surface area contributed by atoms with Crippen LogP contribution in [0.1, 0.15) is 50.8 Å². The number of aromatic nitrogens is 3. The van der Waals surface area contributed by atoms with Gasteiger partial charge in [0.2, 0.25) is 11.1 Å². The van der Waals surface area contributed by atoms with Crippen LogP contribution in [-0.4, -0.2) is 33.9 Å². The van der Waals surface area contributed by atoms with Gasteiger partial charge in [-0.1, -0.05) is 71.3 Å². The highest BCUT2D eigenvalue weighted by Crippen LogP contribution is 2.41. The number of halogens is 2. The third kappa shape index (κ3) is 5.90. The Kier molecular flexibility index (Phi) is 8.98. The molecule has 0 saturated heterocycles. The van der Waals surface area contributed by atoms with Gasteiger partial charge < -0.3 is 14.8 Å². The van der Waals surface area contributed by atoms with E-state index in [1.165, 1.54) is 11.8 Å². The zero-order valence-electron chi connectivity index (χ0n) is 20.4. The van der Waals surface area contributed by atoms with Gasteiger partial charge in [0.15, 0.2) is 0 Å². The van der Waals surface area contributed by atoms with E-state index in [4.69, 9.17) is 31.2 Å². The topological polar surface area (TPSA) is 78.3 Å². The zero-order valence-corrected chi connectivity index (χ0v) is 23.5. The first kappa shape index (κ1) is 26.6. The van der Waals surface area contributed by atoms with Crippen LogP contribution < -0.4 is 10.1 Å². The molecule has 0 amide bonds. The number of nitrogens with zero attached hydrogens (tertiary/aromatic N) is 3. The molecule has 1 unspecified atom stereocenters. The zero-order chi connectivity index (χ0) is 25.7. The van der Waals surface area contributed by atoms with E-state index >= 15 is 0 Å². The Bertz CT molecular complexity index is 1280. The van der Waals surface area contributed by atoms with Crippen molar-refractivity contribution in [3.63, 3.8) is 0 Å². The lowest BCUT2D eigenvalue weighted by Gasteiger charge is -2.29. The third-order valence-electron chi connectivity index (χ3n) is 5.53. The molecule has 190 valence electrons. The lowest BCUT2D eigenvalue weighted by atomic mass is 9.95. The Morgan fingerprint density at radius 1 is 1.19 bits per heavy atom. The molecule has 1 aromatic heterocycles. The van der Waals surface area contributed by atoms with Crippen LogP contribution in [0.2, 0.25) is 5.02 Å². The average Bonchev–Trinajstić information content (AvgIpc) is 3.27. The number of carbonyl (C=O) groups excluding carboxylic acids is 1. The molecule has 7 nitrogen and oxygen atoms in total. The molecule has 0 saturated carbocycles. The molecular weight excluding hydrogens is 564 g/mol. The van der Waals surface area contributed by atoms with Crippen molar-refractivity contribution in [1.29, 1.82) is 0 Å². The quantitative estimate of drug-likeness (QED) is 0.201. The average molecular weight is 592 g/mol. The molecular formula is C26H28BrClN4O3S. The van der Waals surface area contributed by atoms with Gasteiger partial charge in [-0.05, 0) is 49.6 Å². The fourth-order valence-electron chi connectivity index (χ4n) is 3.85. The van der Waals surface area contributed by atoms with E-state index in [-0.39, 0.29) is 5.97 Å². The van der Waals surface area contributed by atoms with Crippen molar-refractivity contribution in [3.8, 4) is 5.75 Å². The minimum atomic E-state index is -0.572. The van der Waals surface area contributed by atoms with Crippen LogP contribution in [0.5, 0.6) is 5.75 Å². The minimum absolute atomic E-state index is 0.336. The van der Waals surface area contributed by atoms with Crippen LogP contribution in [0.3, 0.4) is 0 Å². The van der Waals surface area contributed by atoms with E-state index in [0.29, 0.717) is 52.1 Å². The van der Waals surface area contributed by atoms with Crippen LogP contribution in [0.25, 0.3) is 0 Å². The Hall–Kier alpha value is -2.49. The summed E-state index contributed by atoms with van der Waals surface area (Å²) >= 11 is 11.4. The molecule has 0 aliphatic carbocycles. The van der Waals surface area contributed by atoms with E-state index < -0.39 is 6.04 Å². The van der Waals surface area contributed by atoms with Crippen molar-refractivity contribution in [2.45, 2.75) is 50.6 Å². The molecule has 0 radical (unpaired) electrons. The Balaban J connectivity index is 1.76. The van der Waals surface area contributed by atoms with Crippen molar-refractivity contribution in [2.75, 3.05) is 18.5 Å². The Labute approximate surface area is 228 Å². The SMILES string of the molecule is CCCOC(=O)C1=C(C)Nc2nc(SCc3ccccc3Cl)nn2C1c1cc(Br)ccc1OCCC. The number of rotatable bonds is 10. The van der Waals surface area contributed by atoms with E-state index in [0.717, 1.165) is 28.4 Å². The van der Waals surface area contributed by atoms with E-state index in [1.54, 1.807) is 4.68 Å². The van der Waals surface area contributed by atoms with Crippen LogP contribution in [0.15, 0.2) is 63.4 Å². The molecule has 1 aliphatic heterocycles. The summed E-state index contributed by atoms with van der Waals surface area (Å²) in [5.41, 5.74) is 2.95. The number of anilines is 1. The molecule has 10 heteroatoms. The van der Waals surface area contributed by atoms with Crippen molar-refractivity contribution in [1.82, 2.24) is 14.8 Å². The molecule has 4 rings (SSSR count). The van der Waals surface area contributed by atoms with Crippen LogP contribution in [0.4, 0.5) is 5.95 Å². The molecule has 2 aromatic carbocycles. The lowest BCUT2D eigenvalue weighted by Crippen LogP contribution is -2.30. The highest BCUT2D eigenvalue weighted by Gasteiger charge is 2.37. The summed E-state index contributed by atoms with van der Waals surface area (Å²) in [7, 11) is 0. The summed E-state index contributed by atoms with van der Waals surface area (Å²) < 4.78 is 14.3. The number of fused-ring (bicyclic) bond motifs is 1. The van der Waals surface area contributed by atoms with Crippen LogP contribution >= 0.6 is 39.3 Å². The maximum Gasteiger partial charge on any atom is 0.338 e. The van der Waals surface area contributed by atoms with Crippen molar-refractivity contribution in [3.05, 3.63) is 74.4 Å². The Morgan fingerprint density at radius 3 is 2.72 bits per heavy atom. The van der Waals surface area contributed by atoms with E-state index in [2.05, 4.69) is 28.2 Å². The summed E-state index contributed by atoms with van der Waals surface area (Å²) in [4.78, 5) is 18.0. The number of hydrogen-bond donors (Lipinski definition) is 1.